The van der Waals surface area contributed by atoms with Gasteiger partial charge in [-0.05, 0) is 30.4 Å². The fourth-order valence-electron chi connectivity index (χ4n) is 2.12. The van der Waals surface area contributed by atoms with E-state index in [2.05, 4.69) is 34.3 Å². The highest BCUT2D eigenvalue weighted by Gasteiger charge is 2.19. The van der Waals surface area contributed by atoms with Crippen molar-refractivity contribution in [3.05, 3.63) is 35.0 Å². The summed E-state index contributed by atoms with van der Waals surface area (Å²) in [6.45, 7) is 6.62. The average Bonchev–Trinajstić information content (AvgIpc) is 2.84. The van der Waals surface area contributed by atoms with Gasteiger partial charge in [-0.1, -0.05) is 12.6 Å². The van der Waals surface area contributed by atoms with Crippen molar-refractivity contribution in [3.63, 3.8) is 0 Å². The van der Waals surface area contributed by atoms with Crippen LogP contribution in [0.5, 0.6) is 0 Å². The molecule has 2 heterocycles. The Morgan fingerprint density at radius 2 is 2.35 bits per heavy atom. The lowest BCUT2D eigenvalue weighted by atomic mass is 10.0. The molecule has 1 N–H and O–H groups in total. The molecule has 0 radical (unpaired) electrons. The summed E-state index contributed by atoms with van der Waals surface area (Å²) in [6, 6.07) is 4.59. The van der Waals surface area contributed by atoms with Crippen LogP contribution in [0.2, 0.25) is 0 Å². The van der Waals surface area contributed by atoms with Crippen molar-refractivity contribution >= 4 is 17.2 Å². The molecule has 0 unspecified atom stereocenters. The molecule has 0 bridgehead atoms. The summed E-state index contributed by atoms with van der Waals surface area (Å²) in [5.41, 5.74) is 0. The number of nitrogens with zero attached hydrogens (tertiary/aromatic N) is 1. The Labute approximate surface area is 106 Å². The molecule has 1 aromatic heterocycles. The number of amides is 1. The third-order valence-electron chi connectivity index (χ3n) is 3.08. The van der Waals surface area contributed by atoms with Gasteiger partial charge in [-0.15, -0.1) is 11.3 Å². The molecule has 92 valence electrons. The first-order valence-corrected chi connectivity index (χ1v) is 6.83. The molecule has 0 saturated carbocycles. The summed E-state index contributed by atoms with van der Waals surface area (Å²) in [5.74, 6) is -0.0540. The van der Waals surface area contributed by atoms with Gasteiger partial charge in [-0.3, -0.25) is 9.69 Å². The van der Waals surface area contributed by atoms with Gasteiger partial charge in [-0.2, -0.15) is 0 Å². The topological polar surface area (TPSA) is 32.3 Å². The van der Waals surface area contributed by atoms with Crippen molar-refractivity contribution in [2.75, 3.05) is 13.1 Å². The second kappa shape index (κ2) is 5.98. The molecule has 0 atom stereocenters. The molecule has 3 nitrogen and oxygen atoms in total. The summed E-state index contributed by atoms with van der Waals surface area (Å²) in [5, 5.41) is 5.08. The van der Waals surface area contributed by atoms with E-state index in [1.54, 1.807) is 11.3 Å². The minimum absolute atomic E-state index is 0.0540. The molecule has 1 aliphatic heterocycles. The van der Waals surface area contributed by atoms with Gasteiger partial charge in [-0.25, -0.2) is 0 Å². The van der Waals surface area contributed by atoms with E-state index in [0.29, 0.717) is 6.04 Å². The van der Waals surface area contributed by atoms with Gasteiger partial charge in [0.15, 0.2) is 0 Å². The minimum Gasteiger partial charge on any atom is -0.350 e. The van der Waals surface area contributed by atoms with Crippen LogP contribution in [-0.4, -0.2) is 29.9 Å². The highest BCUT2D eigenvalue weighted by molar-refractivity contribution is 7.09. The lowest BCUT2D eigenvalue weighted by Gasteiger charge is -2.31. The van der Waals surface area contributed by atoms with E-state index in [4.69, 9.17) is 0 Å². The highest BCUT2D eigenvalue weighted by atomic mass is 32.1. The van der Waals surface area contributed by atoms with Crippen LogP contribution in [0.1, 0.15) is 17.7 Å². The van der Waals surface area contributed by atoms with Gasteiger partial charge >= 0.3 is 0 Å². The number of piperidine rings is 1. The molecule has 0 aliphatic carbocycles. The highest BCUT2D eigenvalue weighted by Crippen LogP contribution is 2.16. The van der Waals surface area contributed by atoms with Crippen LogP contribution in [0.3, 0.4) is 0 Å². The summed E-state index contributed by atoms with van der Waals surface area (Å²) >= 11 is 1.81. The van der Waals surface area contributed by atoms with Crippen molar-refractivity contribution in [2.45, 2.75) is 25.4 Å². The van der Waals surface area contributed by atoms with Gasteiger partial charge in [0.2, 0.25) is 5.91 Å². The zero-order valence-corrected chi connectivity index (χ0v) is 10.7. The van der Waals surface area contributed by atoms with Crippen molar-refractivity contribution in [2.24, 2.45) is 0 Å². The molecular weight excluding hydrogens is 232 g/mol. The number of hydrogen-bond donors (Lipinski definition) is 1. The van der Waals surface area contributed by atoms with Crippen LogP contribution in [0.15, 0.2) is 30.2 Å². The zero-order chi connectivity index (χ0) is 12.1. The Kier molecular flexibility index (Phi) is 4.34. The Morgan fingerprint density at radius 3 is 2.94 bits per heavy atom. The first-order valence-electron chi connectivity index (χ1n) is 5.95. The molecule has 2 rings (SSSR count). The second-order valence-corrected chi connectivity index (χ2v) is 5.37. The minimum atomic E-state index is -0.0540. The fraction of sp³-hybridized carbons (Fsp3) is 0.462. The first kappa shape index (κ1) is 12.3. The predicted octanol–water partition coefficient (Wildman–Crippen LogP) is 2.01. The number of carbonyl (C=O) groups excluding carboxylic acids is 1. The molecule has 1 aliphatic rings. The Morgan fingerprint density at radius 1 is 1.59 bits per heavy atom. The maximum atomic E-state index is 11.2. The largest absolute Gasteiger partial charge is 0.350 e. The lowest BCUT2D eigenvalue weighted by Crippen LogP contribution is -2.43. The van der Waals surface area contributed by atoms with Crippen LogP contribution in [0.4, 0.5) is 0 Å². The molecule has 1 fully saturated rings. The van der Waals surface area contributed by atoms with Crippen molar-refractivity contribution in [1.29, 1.82) is 0 Å². The third-order valence-corrected chi connectivity index (χ3v) is 3.94. The normalized spacial score (nSPS) is 17.9. The summed E-state index contributed by atoms with van der Waals surface area (Å²) in [4.78, 5) is 15.0. The number of hydrogen-bond acceptors (Lipinski definition) is 3. The monoisotopic (exact) mass is 250 g/mol. The van der Waals surface area contributed by atoms with Gasteiger partial charge < -0.3 is 5.32 Å². The average molecular weight is 250 g/mol. The SMILES string of the molecule is C=CC(=O)NC1CCN(Cc2cccs2)CC1. The Bertz CT molecular complexity index is 367. The maximum Gasteiger partial charge on any atom is 0.243 e. The van der Waals surface area contributed by atoms with E-state index in [1.807, 2.05) is 0 Å². The van der Waals surface area contributed by atoms with Crippen molar-refractivity contribution < 1.29 is 4.79 Å². The number of thiophene rings is 1. The summed E-state index contributed by atoms with van der Waals surface area (Å²) < 4.78 is 0. The third kappa shape index (κ3) is 3.68. The van der Waals surface area contributed by atoms with Gasteiger partial charge in [0.1, 0.15) is 0 Å². The second-order valence-electron chi connectivity index (χ2n) is 4.34. The predicted molar refractivity (Wildman–Crippen MR) is 71.0 cm³/mol. The molecular formula is C13H18N2OS. The van der Waals surface area contributed by atoms with Crippen LogP contribution in [0, 0.1) is 0 Å². The van der Waals surface area contributed by atoms with Crippen LogP contribution < -0.4 is 5.32 Å². The maximum absolute atomic E-state index is 11.2. The van der Waals surface area contributed by atoms with E-state index < -0.39 is 0 Å². The molecule has 0 spiro atoms. The number of rotatable bonds is 4. The van der Waals surface area contributed by atoms with E-state index in [1.165, 1.54) is 11.0 Å². The molecule has 4 heteroatoms. The van der Waals surface area contributed by atoms with E-state index in [0.717, 1.165) is 32.5 Å². The quantitative estimate of drug-likeness (QED) is 0.829. The molecule has 1 aromatic rings. The summed E-state index contributed by atoms with van der Waals surface area (Å²) in [6.07, 6.45) is 3.41. The molecule has 0 aromatic carbocycles. The molecule has 1 saturated heterocycles. The smallest absolute Gasteiger partial charge is 0.243 e. The number of likely N-dealkylation sites (tertiary alicyclic amines) is 1. The van der Waals surface area contributed by atoms with Gasteiger partial charge in [0, 0.05) is 30.6 Å². The lowest BCUT2D eigenvalue weighted by molar-refractivity contribution is -0.117. The Hall–Kier alpha value is -1.13. The van der Waals surface area contributed by atoms with Gasteiger partial charge in [0.25, 0.3) is 0 Å². The standard InChI is InChI=1S/C13H18N2OS/c1-2-13(16)14-11-5-7-15(8-6-11)10-12-4-3-9-17-12/h2-4,9,11H,1,5-8,10H2,(H,14,16). The van der Waals surface area contributed by atoms with E-state index in [-0.39, 0.29) is 5.91 Å². The Balaban J connectivity index is 1.74. The van der Waals surface area contributed by atoms with Crippen LogP contribution in [0.25, 0.3) is 0 Å². The van der Waals surface area contributed by atoms with Gasteiger partial charge in [0.05, 0.1) is 0 Å². The van der Waals surface area contributed by atoms with Crippen molar-refractivity contribution in [1.82, 2.24) is 10.2 Å². The number of carbonyl (C=O) groups is 1. The summed E-state index contributed by atoms with van der Waals surface area (Å²) in [7, 11) is 0. The van der Waals surface area contributed by atoms with Crippen LogP contribution in [-0.2, 0) is 11.3 Å². The van der Waals surface area contributed by atoms with E-state index in [9.17, 15) is 4.79 Å². The van der Waals surface area contributed by atoms with E-state index >= 15 is 0 Å². The van der Waals surface area contributed by atoms with Crippen LogP contribution >= 0.6 is 11.3 Å². The molecule has 1 amide bonds. The number of nitrogens with one attached hydrogen (secondary N) is 1. The first-order chi connectivity index (χ1) is 8.28. The van der Waals surface area contributed by atoms with Crippen molar-refractivity contribution in [3.8, 4) is 0 Å². The zero-order valence-electron chi connectivity index (χ0n) is 9.89. The molecule has 17 heavy (non-hydrogen) atoms. The fourth-order valence-corrected chi connectivity index (χ4v) is 2.86.